The van der Waals surface area contributed by atoms with E-state index in [0.29, 0.717) is 37.0 Å². The Morgan fingerprint density at radius 3 is 1.75 bits per heavy atom. The van der Waals surface area contributed by atoms with Crippen LogP contribution in [-0.2, 0) is 24.5 Å². The molecule has 0 radical (unpaired) electrons. The van der Waals surface area contributed by atoms with E-state index in [1.165, 1.54) is 25.7 Å². The molecule has 0 aromatic heterocycles. The van der Waals surface area contributed by atoms with Crippen LogP contribution in [0.4, 0.5) is 0 Å². The Morgan fingerprint density at radius 2 is 1.20 bits per heavy atom. The first kappa shape index (κ1) is 30.0. The molecule has 44 heavy (non-hydrogen) atoms. The maximum Gasteiger partial charge on any atom is 0.321 e. The van der Waals surface area contributed by atoms with Crippen LogP contribution in [0.1, 0.15) is 101 Å². The van der Waals surface area contributed by atoms with Crippen molar-refractivity contribution in [1.82, 2.24) is 0 Å². The van der Waals surface area contributed by atoms with Crippen LogP contribution >= 0.6 is 0 Å². The van der Waals surface area contributed by atoms with E-state index in [0.717, 1.165) is 64.4 Å². The first-order chi connectivity index (χ1) is 21.2. The Hall–Kier alpha value is -2.70. The number of rotatable bonds is 7. The molecule has 7 rings (SSSR count). The summed E-state index contributed by atoms with van der Waals surface area (Å²) in [5, 5.41) is 0. The molecule has 0 amide bonds. The van der Waals surface area contributed by atoms with E-state index in [1.807, 2.05) is 36.4 Å². The van der Waals surface area contributed by atoms with E-state index in [2.05, 4.69) is 46.1 Å². The summed E-state index contributed by atoms with van der Waals surface area (Å²) in [6.45, 7) is 6.86. The van der Waals surface area contributed by atoms with Gasteiger partial charge in [-0.05, 0) is 43.4 Å². The molecule has 0 saturated carbocycles. The van der Waals surface area contributed by atoms with Crippen LogP contribution in [0.25, 0.3) is 0 Å². The summed E-state index contributed by atoms with van der Waals surface area (Å²) in [6, 6.07) is 20.5. The number of ether oxygens (including phenoxy) is 2. The van der Waals surface area contributed by atoms with Crippen LogP contribution in [-0.4, -0.2) is 84.5 Å². The summed E-state index contributed by atoms with van der Waals surface area (Å²) >= 11 is 0. The largest absolute Gasteiger partial charge is 0.461 e. The second-order valence-electron chi connectivity index (χ2n) is 15.1. The van der Waals surface area contributed by atoms with Crippen molar-refractivity contribution >= 4 is 11.9 Å². The van der Waals surface area contributed by atoms with Gasteiger partial charge in [-0.3, -0.25) is 9.59 Å². The molecule has 2 aromatic rings. The van der Waals surface area contributed by atoms with Crippen molar-refractivity contribution in [2.45, 2.75) is 126 Å². The molecule has 4 aliphatic heterocycles. The minimum Gasteiger partial charge on any atom is -0.461 e. The lowest BCUT2D eigenvalue weighted by atomic mass is 9.63. The number of fused-ring (bicyclic) bond motifs is 5. The number of esters is 2. The molecule has 0 spiro atoms. The lowest BCUT2D eigenvalue weighted by Crippen LogP contribution is -2.59. The number of hydrogen-bond donors (Lipinski definition) is 0. The molecule has 6 heteroatoms. The van der Waals surface area contributed by atoms with E-state index in [4.69, 9.17) is 9.47 Å². The number of carbonyl (C=O) groups is 2. The standard InChI is InChI=1S/C38H52N2O4/c1-5-39(3)27-16-17-28(39)23-31(22-27)43-36(41)34-20-21-38(26-12-8-7-9-13-26,35-15-11-10-14-33(34)35)37(42)44-32-24-29-18-19-30(25-32)40(29,4)6-2/h7-15,27-32,34H,5-6,16-25H2,1-4H3/q+2/t27-,28+,29-,30+,31?,32?,34-,38-,39?,40?/m1/s1. The van der Waals surface area contributed by atoms with Crippen LogP contribution in [0.3, 0.4) is 0 Å². The zero-order chi connectivity index (χ0) is 30.7. The maximum atomic E-state index is 14.6. The Bertz CT molecular complexity index is 1360. The van der Waals surface area contributed by atoms with Gasteiger partial charge in [0.25, 0.3) is 0 Å². The van der Waals surface area contributed by atoms with Gasteiger partial charge in [0, 0.05) is 51.4 Å². The van der Waals surface area contributed by atoms with Crippen LogP contribution < -0.4 is 0 Å². The number of piperidine rings is 2. The number of hydrogen-bond acceptors (Lipinski definition) is 4. The highest BCUT2D eigenvalue weighted by Gasteiger charge is 2.55. The Kier molecular flexibility index (Phi) is 7.68. The maximum absolute atomic E-state index is 14.6. The summed E-state index contributed by atoms with van der Waals surface area (Å²) in [6.07, 6.45) is 9.75. The average molecular weight is 601 g/mol. The number of carbonyl (C=O) groups excluding carboxylic acids is 2. The molecule has 1 aliphatic carbocycles. The van der Waals surface area contributed by atoms with Gasteiger partial charge in [-0.25, -0.2) is 0 Å². The Morgan fingerprint density at radius 1 is 0.705 bits per heavy atom. The van der Waals surface area contributed by atoms with Crippen molar-refractivity contribution in [3.63, 3.8) is 0 Å². The predicted octanol–water partition coefficient (Wildman–Crippen LogP) is 6.26. The van der Waals surface area contributed by atoms with Gasteiger partial charge in [-0.1, -0.05) is 54.6 Å². The molecule has 236 valence electrons. The summed E-state index contributed by atoms with van der Waals surface area (Å²) in [4.78, 5) is 28.6. The minimum absolute atomic E-state index is 0.00966. The molecular weight excluding hydrogens is 548 g/mol. The number of nitrogens with zero attached hydrogens (tertiary/aromatic N) is 2. The number of quaternary nitrogens is 2. The third kappa shape index (κ3) is 4.57. The highest BCUT2D eigenvalue weighted by atomic mass is 16.5. The monoisotopic (exact) mass is 600 g/mol. The summed E-state index contributed by atoms with van der Waals surface area (Å²) in [5.74, 6) is -0.638. The van der Waals surface area contributed by atoms with Gasteiger partial charge in [-0.2, -0.15) is 0 Å². The fraction of sp³-hybridized carbons (Fsp3) is 0.632. The second-order valence-corrected chi connectivity index (χ2v) is 15.1. The van der Waals surface area contributed by atoms with Crippen molar-refractivity contribution < 1.29 is 28.0 Å². The lowest BCUT2D eigenvalue weighted by Gasteiger charge is -2.47. The molecule has 4 fully saturated rings. The molecule has 10 atom stereocenters. The summed E-state index contributed by atoms with van der Waals surface area (Å²) in [7, 11) is 4.78. The van der Waals surface area contributed by atoms with Crippen molar-refractivity contribution in [2.24, 2.45) is 0 Å². The van der Waals surface area contributed by atoms with Crippen molar-refractivity contribution in [2.75, 3.05) is 27.2 Å². The van der Waals surface area contributed by atoms with Gasteiger partial charge in [-0.15, -0.1) is 0 Å². The van der Waals surface area contributed by atoms with Crippen LogP contribution in [0.2, 0.25) is 0 Å². The highest BCUT2D eigenvalue weighted by Crippen LogP contribution is 2.50. The zero-order valence-electron chi connectivity index (χ0n) is 27.3. The summed E-state index contributed by atoms with van der Waals surface area (Å²) in [5.41, 5.74) is 1.86. The highest BCUT2D eigenvalue weighted by molar-refractivity contribution is 5.91. The molecular formula is C38H52N2O4+2. The minimum atomic E-state index is -0.932. The fourth-order valence-corrected chi connectivity index (χ4v) is 10.5. The van der Waals surface area contributed by atoms with E-state index >= 15 is 0 Å². The van der Waals surface area contributed by atoms with E-state index in [1.54, 1.807) is 0 Å². The molecule has 2 aromatic carbocycles. The first-order valence-corrected chi connectivity index (χ1v) is 17.5. The SMILES string of the molecule is CC[N+]1(C)[C@@H]2CC[C@H]1CC(OC(=O)[C@@H]1CC[C@@](C(=O)OC3C[C@H]4CC[C@@H](C3)[N+]4(C)CC)(c3ccccc3)c3ccccc31)C2. The molecule has 5 aliphatic rings. The van der Waals surface area contributed by atoms with E-state index in [-0.39, 0.29) is 30.1 Å². The van der Waals surface area contributed by atoms with Gasteiger partial charge in [0.2, 0.25) is 0 Å². The van der Waals surface area contributed by atoms with Gasteiger partial charge in [0.1, 0.15) is 17.6 Å². The van der Waals surface area contributed by atoms with Crippen LogP contribution in [0.15, 0.2) is 54.6 Å². The van der Waals surface area contributed by atoms with Crippen LogP contribution in [0.5, 0.6) is 0 Å². The molecule has 4 unspecified atom stereocenters. The van der Waals surface area contributed by atoms with E-state index < -0.39 is 5.41 Å². The fourth-order valence-electron chi connectivity index (χ4n) is 10.5. The summed E-state index contributed by atoms with van der Waals surface area (Å²) < 4.78 is 15.2. The molecule has 4 heterocycles. The average Bonchev–Trinajstić information content (AvgIpc) is 3.29. The third-order valence-electron chi connectivity index (χ3n) is 13.6. The Labute approximate surface area is 263 Å². The van der Waals surface area contributed by atoms with Crippen molar-refractivity contribution in [1.29, 1.82) is 0 Å². The lowest BCUT2D eigenvalue weighted by molar-refractivity contribution is -0.947. The van der Waals surface area contributed by atoms with E-state index in [9.17, 15) is 9.59 Å². The third-order valence-corrected chi connectivity index (χ3v) is 13.6. The molecule has 0 N–H and O–H groups in total. The van der Waals surface area contributed by atoms with Crippen molar-refractivity contribution in [3.8, 4) is 0 Å². The van der Waals surface area contributed by atoms with Gasteiger partial charge in [0.15, 0.2) is 0 Å². The van der Waals surface area contributed by atoms with Gasteiger partial charge in [0.05, 0.1) is 57.3 Å². The zero-order valence-corrected chi connectivity index (χ0v) is 27.3. The topological polar surface area (TPSA) is 52.6 Å². The second kappa shape index (κ2) is 11.3. The molecule has 4 saturated heterocycles. The Balaban J connectivity index is 1.15. The molecule has 4 bridgehead atoms. The number of benzene rings is 2. The quantitative estimate of drug-likeness (QED) is 0.278. The van der Waals surface area contributed by atoms with Gasteiger partial charge < -0.3 is 18.4 Å². The first-order valence-electron chi connectivity index (χ1n) is 17.5. The van der Waals surface area contributed by atoms with Gasteiger partial charge >= 0.3 is 11.9 Å². The normalized spacial score (nSPS) is 40.7. The van der Waals surface area contributed by atoms with Crippen LogP contribution in [0, 0.1) is 0 Å². The smallest absolute Gasteiger partial charge is 0.321 e. The predicted molar refractivity (Wildman–Crippen MR) is 171 cm³/mol. The van der Waals surface area contributed by atoms with Crippen molar-refractivity contribution in [3.05, 3.63) is 71.3 Å². The molecule has 6 nitrogen and oxygen atoms in total.